The van der Waals surface area contributed by atoms with Crippen LogP contribution in [0, 0.1) is 0 Å². The summed E-state index contributed by atoms with van der Waals surface area (Å²) < 4.78 is 16.0. The second-order valence-corrected chi connectivity index (χ2v) is 5.67. The van der Waals surface area contributed by atoms with Crippen LogP contribution in [0.15, 0.2) is 29.5 Å². The zero-order valence-corrected chi connectivity index (χ0v) is 15.0. The molecule has 0 fully saturated rings. The van der Waals surface area contributed by atoms with Gasteiger partial charge in [-0.1, -0.05) is 19.4 Å². The average Bonchev–Trinajstić information content (AvgIpc) is 2.60. The molecule has 0 aliphatic carbocycles. The molecule has 2 rings (SSSR count). The number of urea groups is 1. The molecule has 7 heteroatoms. The summed E-state index contributed by atoms with van der Waals surface area (Å²) in [6.07, 6.45) is 1.98. The van der Waals surface area contributed by atoms with Crippen LogP contribution in [0.2, 0.25) is 0 Å². The average molecular weight is 348 g/mol. The number of hydrogen-bond acceptors (Lipinski definition) is 5. The summed E-state index contributed by atoms with van der Waals surface area (Å²) >= 11 is 0. The number of carbonyl (C=O) groups is 2. The van der Waals surface area contributed by atoms with Gasteiger partial charge in [-0.25, -0.2) is 9.59 Å². The monoisotopic (exact) mass is 348 g/mol. The maximum absolute atomic E-state index is 12.1. The van der Waals surface area contributed by atoms with Gasteiger partial charge in [0.2, 0.25) is 0 Å². The summed E-state index contributed by atoms with van der Waals surface area (Å²) in [6.45, 7) is 4.35. The summed E-state index contributed by atoms with van der Waals surface area (Å²) in [6, 6.07) is 4.34. The van der Waals surface area contributed by atoms with Crippen LogP contribution in [0.4, 0.5) is 4.79 Å². The van der Waals surface area contributed by atoms with E-state index < -0.39 is 12.0 Å². The van der Waals surface area contributed by atoms with Crippen LogP contribution in [0.3, 0.4) is 0 Å². The Balaban J connectivity index is 2.36. The number of nitrogens with one attached hydrogen (secondary N) is 2. The molecule has 0 saturated carbocycles. The van der Waals surface area contributed by atoms with Crippen molar-refractivity contribution in [3.63, 3.8) is 0 Å². The SMILES string of the molecule is CCCCOc1ccc([C@@H]2NC(=O)NC(C)=C2C(=O)OC)cc1OC. The molecule has 1 atom stereocenters. The summed E-state index contributed by atoms with van der Waals surface area (Å²) in [7, 11) is 2.86. The summed E-state index contributed by atoms with van der Waals surface area (Å²) in [5.41, 5.74) is 1.51. The Hall–Kier alpha value is -2.70. The maximum atomic E-state index is 12.1. The van der Waals surface area contributed by atoms with Crippen LogP contribution in [-0.4, -0.2) is 32.8 Å². The minimum atomic E-state index is -0.625. The van der Waals surface area contributed by atoms with Gasteiger partial charge >= 0.3 is 12.0 Å². The number of esters is 1. The normalized spacial score (nSPS) is 16.8. The molecule has 0 radical (unpaired) electrons. The van der Waals surface area contributed by atoms with E-state index in [9.17, 15) is 9.59 Å². The van der Waals surface area contributed by atoms with Crippen molar-refractivity contribution < 1.29 is 23.8 Å². The third-order valence-corrected chi connectivity index (χ3v) is 3.95. The first kappa shape index (κ1) is 18.6. The Morgan fingerprint density at radius 1 is 1.24 bits per heavy atom. The van der Waals surface area contributed by atoms with Crippen molar-refractivity contribution in [3.05, 3.63) is 35.0 Å². The van der Waals surface area contributed by atoms with Crippen LogP contribution < -0.4 is 20.1 Å². The van der Waals surface area contributed by atoms with Crippen molar-refractivity contribution in [3.8, 4) is 11.5 Å². The Morgan fingerprint density at radius 2 is 2.00 bits per heavy atom. The van der Waals surface area contributed by atoms with Gasteiger partial charge in [-0.2, -0.15) is 0 Å². The van der Waals surface area contributed by atoms with Gasteiger partial charge in [0.25, 0.3) is 0 Å². The van der Waals surface area contributed by atoms with E-state index in [4.69, 9.17) is 14.2 Å². The predicted octanol–water partition coefficient (Wildman–Crippen LogP) is 2.68. The van der Waals surface area contributed by atoms with Gasteiger partial charge in [0.1, 0.15) is 0 Å². The zero-order chi connectivity index (χ0) is 18.4. The largest absolute Gasteiger partial charge is 0.493 e. The van der Waals surface area contributed by atoms with Gasteiger partial charge in [0.15, 0.2) is 11.5 Å². The third kappa shape index (κ3) is 4.23. The van der Waals surface area contributed by atoms with E-state index in [0.717, 1.165) is 12.8 Å². The topological polar surface area (TPSA) is 85.9 Å². The van der Waals surface area contributed by atoms with Gasteiger partial charge in [-0.15, -0.1) is 0 Å². The molecule has 7 nitrogen and oxygen atoms in total. The van der Waals surface area contributed by atoms with E-state index in [2.05, 4.69) is 17.6 Å². The number of hydrogen-bond donors (Lipinski definition) is 2. The fraction of sp³-hybridized carbons (Fsp3) is 0.444. The molecule has 1 aromatic carbocycles. The van der Waals surface area contributed by atoms with Crippen LogP contribution >= 0.6 is 0 Å². The van der Waals surface area contributed by atoms with Gasteiger partial charge in [-0.3, -0.25) is 0 Å². The molecule has 1 aromatic rings. The van der Waals surface area contributed by atoms with Crippen molar-refractivity contribution in [1.29, 1.82) is 0 Å². The molecule has 0 saturated heterocycles. The smallest absolute Gasteiger partial charge is 0.337 e. The van der Waals surface area contributed by atoms with E-state index in [1.54, 1.807) is 32.2 Å². The maximum Gasteiger partial charge on any atom is 0.337 e. The quantitative estimate of drug-likeness (QED) is 0.584. The molecule has 1 heterocycles. The fourth-order valence-corrected chi connectivity index (χ4v) is 2.63. The second kappa shape index (κ2) is 8.41. The van der Waals surface area contributed by atoms with Crippen LogP contribution in [0.25, 0.3) is 0 Å². The molecule has 1 aliphatic rings. The molecule has 0 unspecified atom stereocenters. The zero-order valence-electron chi connectivity index (χ0n) is 15.0. The molecule has 2 N–H and O–H groups in total. The van der Waals surface area contributed by atoms with Gasteiger partial charge in [0, 0.05) is 5.70 Å². The highest BCUT2D eigenvalue weighted by Crippen LogP contribution is 2.34. The molecule has 25 heavy (non-hydrogen) atoms. The summed E-state index contributed by atoms with van der Waals surface area (Å²) in [4.78, 5) is 24.0. The van der Waals surface area contributed by atoms with Crippen LogP contribution in [-0.2, 0) is 9.53 Å². The molecular weight excluding hydrogens is 324 g/mol. The Bertz CT molecular complexity index is 684. The van der Waals surface area contributed by atoms with Crippen molar-refractivity contribution >= 4 is 12.0 Å². The summed E-state index contributed by atoms with van der Waals surface area (Å²) in [5.74, 6) is 0.667. The minimum absolute atomic E-state index is 0.351. The minimum Gasteiger partial charge on any atom is -0.493 e. The number of methoxy groups -OCH3 is 2. The standard InChI is InChI=1S/C18H24N2O5/c1-5-6-9-25-13-8-7-12(10-14(13)23-3)16-15(17(21)24-4)11(2)19-18(22)20-16/h7-8,10,16H,5-6,9H2,1-4H3,(H2,19,20,22)/t16-/m0/s1. The summed E-state index contributed by atoms with van der Waals surface area (Å²) in [5, 5.41) is 5.34. The lowest BCUT2D eigenvalue weighted by Gasteiger charge is -2.28. The lowest BCUT2D eigenvalue weighted by molar-refractivity contribution is -0.136. The van der Waals surface area contributed by atoms with Crippen molar-refractivity contribution in [2.45, 2.75) is 32.7 Å². The van der Waals surface area contributed by atoms with Gasteiger partial charge < -0.3 is 24.8 Å². The van der Waals surface area contributed by atoms with Gasteiger partial charge in [0.05, 0.1) is 32.4 Å². The lowest BCUT2D eigenvalue weighted by Crippen LogP contribution is -2.45. The molecule has 0 aromatic heterocycles. The molecular formula is C18H24N2O5. The van der Waals surface area contributed by atoms with E-state index in [0.29, 0.717) is 34.9 Å². The highest BCUT2D eigenvalue weighted by atomic mass is 16.5. The molecule has 136 valence electrons. The Morgan fingerprint density at radius 3 is 2.64 bits per heavy atom. The number of unbranched alkanes of at least 4 members (excludes halogenated alkanes) is 1. The first-order chi connectivity index (χ1) is 12.0. The predicted molar refractivity (Wildman–Crippen MR) is 92.5 cm³/mol. The van der Waals surface area contributed by atoms with Crippen LogP contribution in [0.5, 0.6) is 11.5 Å². The van der Waals surface area contributed by atoms with Crippen molar-refractivity contribution in [1.82, 2.24) is 10.6 Å². The number of rotatable bonds is 7. The molecule has 0 spiro atoms. The number of allylic oxidation sites excluding steroid dienone is 1. The Labute approximate surface area is 147 Å². The number of benzene rings is 1. The molecule has 2 amide bonds. The number of carbonyl (C=O) groups excluding carboxylic acids is 2. The molecule has 0 bridgehead atoms. The van der Waals surface area contributed by atoms with Crippen molar-refractivity contribution in [2.75, 3.05) is 20.8 Å². The highest BCUT2D eigenvalue weighted by molar-refractivity contribution is 5.94. The number of amides is 2. The first-order valence-corrected chi connectivity index (χ1v) is 8.19. The molecule has 1 aliphatic heterocycles. The highest BCUT2D eigenvalue weighted by Gasteiger charge is 2.32. The van der Waals surface area contributed by atoms with Crippen molar-refractivity contribution in [2.24, 2.45) is 0 Å². The van der Waals surface area contributed by atoms with E-state index >= 15 is 0 Å². The number of ether oxygens (including phenoxy) is 3. The van der Waals surface area contributed by atoms with Gasteiger partial charge in [-0.05, 0) is 31.0 Å². The lowest BCUT2D eigenvalue weighted by atomic mass is 9.95. The van der Waals surface area contributed by atoms with Crippen LogP contribution in [0.1, 0.15) is 38.3 Å². The first-order valence-electron chi connectivity index (χ1n) is 8.19. The fourth-order valence-electron chi connectivity index (χ4n) is 2.63. The second-order valence-electron chi connectivity index (χ2n) is 5.67. The Kier molecular flexibility index (Phi) is 6.27. The third-order valence-electron chi connectivity index (χ3n) is 3.95. The van der Waals surface area contributed by atoms with E-state index in [1.807, 2.05) is 0 Å². The van der Waals surface area contributed by atoms with E-state index in [1.165, 1.54) is 7.11 Å². The van der Waals surface area contributed by atoms with E-state index in [-0.39, 0.29) is 6.03 Å².